The van der Waals surface area contributed by atoms with E-state index in [1.165, 1.54) is 30.7 Å². The summed E-state index contributed by atoms with van der Waals surface area (Å²) in [6.07, 6.45) is 3.46. The molecule has 1 atom stereocenters. The van der Waals surface area contributed by atoms with E-state index in [1.54, 1.807) is 0 Å². The van der Waals surface area contributed by atoms with E-state index in [2.05, 4.69) is 41.4 Å². The number of halogens is 1. The average Bonchev–Trinajstić information content (AvgIpc) is 3.04. The molecule has 116 valence electrons. The van der Waals surface area contributed by atoms with Gasteiger partial charge in [-0.3, -0.25) is 0 Å². The van der Waals surface area contributed by atoms with E-state index < -0.39 is 0 Å². The van der Waals surface area contributed by atoms with E-state index in [0.717, 1.165) is 30.8 Å². The Hall–Kier alpha value is -2.03. The number of hydrogen-bond donors (Lipinski definition) is 1. The van der Waals surface area contributed by atoms with Gasteiger partial charge in [0.05, 0.1) is 0 Å². The largest absolute Gasteiger partial charge is 0.382 e. The molecule has 2 aromatic carbocycles. The van der Waals surface area contributed by atoms with Crippen molar-refractivity contribution >= 4 is 11.4 Å². The van der Waals surface area contributed by atoms with Crippen LogP contribution in [0.4, 0.5) is 15.8 Å². The van der Waals surface area contributed by atoms with E-state index in [0.29, 0.717) is 6.04 Å². The molecule has 0 saturated carbocycles. The van der Waals surface area contributed by atoms with Crippen molar-refractivity contribution in [2.45, 2.75) is 32.2 Å². The first kappa shape index (κ1) is 14.9. The lowest BCUT2D eigenvalue weighted by molar-refractivity contribution is 0.626. The number of anilines is 2. The summed E-state index contributed by atoms with van der Waals surface area (Å²) in [7, 11) is 0. The zero-order chi connectivity index (χ0) is 15.4. The SMILES string of the molecule is C[C@@H](Cc1ccc(F)cc1)Nc1cccc(N2CCCC2)c1. The van der Waals surface area contributed by atoms with Crippen molar-refractivity contribution in [3.05, 3.63) is 59.9 Å². The second-order valence-corrected chi connectivity index (χ2v) is 6.12. The zero-order valence-electron chi connectivity index (χ0n) is 13.1. The van der Waals surface area contributed by atoms with Crippen molar-refractivity contribution in [1.29, 1.82) is 0 Å². The molecule has 0 amide bonds. The van der Waals surface area contributed by atoms with Crippen molar-refractivity contribution in [3.8, 4) is 0 Å². The summed E-state index contributed by atoms with van der Waals surface area (Å²) in [5, 5.41) is 3.55. The standard InChI is InChI=1S/C19H23FN2/c1-15(13-16-7-9-17(20)10-8-16)21-18-5-4-6-19(14-18)22-11-2-3-12-22/h4-10,14-15,21H,2-3,11-13H2,1H3/t15-/m0/s1. The van der Waals surface area contributed by atoms with Crippen LogP contribution in [0.3, 0.4) is 0 Å². The van der Waals surface area contributed by atoms with Crippen LogP contribution in [0.25, 0.3) is 0 Å². The molecule has 22 heavy (non-hydrogen) atoms. The van der Waals surface area contributed by atoms with Crippen molar-refractivity contribution in [2.75, 3.05) is 23.3 Å². The van der Waals surface area contributed by atoms with Crippen molar-refractivity contribution in [3.63, 3.8) is 0 Å². The van der Waals surface area contributed by atoms with Crippen LogP contribution in [-0.2, 0) is 6.42 Å². The molecule has 1 aliphatic heterocycles. The van der Waals surface area contributed by atoms with E-state index in [1.807, 2.05) is 12.1 Å². The predicted octanol–water partition coefficient (Wildman–Crippen LogP) is 4.47. The van der Waals surface area contributed by atoms with Gasteiger partial charge in [0.15, 0.2) is 0 Å². The Labute approximate surface area is 132 Å². The van der Waals surface area contributed by atoms with Crippen LogP contribution in [0.1, 0.15) is 25.3 Å². The molecular weight excluding hydrogens is 275 g/mol. The molecule has 2 aromatic rings. The van der Waals surface area contributed by atoms with E-state index in [4.69, 9.17) is 0 Å². The minimum Gasteiger partial charge on any atom is -0.382 e. The zero-order valence-corrected chi connectivity index (χ0v) is 13.1. The molecular formula is C19H23FN2. The number of rotatable bonds is 5. The van der Waals surface area contributed by atoms with Gasteiger partial charge in [0.2, 0.25) is 0 Å². The van der Waals surface area contributed by atoms with Crippen LogP contribution in [0.15, 0.2) is 48.5 Å². The molecule has 0 bridgehead atoms. The Kier molecular flexibility index (Phi) is 4.62. The van der Waals surface area contributed by atoms with Crippen LogP contribution in [-0.4, -0.2) is 19.1 Å². The quantitative estimate of drug-likeness (QED) is 0.876. The van der Waals surface area contributed by atoms with Crippen LogP contribution >= 0.6 is 0 Å². The topological polar surface area (TPSA) is 15.3 Å². The van der Waals surface area contributed by atoms with Crippen molar-refractivity contribution in [2.24, 2.45) is 0 Å². The number of hydrogen-bond acceptors (Lipinski definition) is 2. The normalized spacial score (nSPS) is 15.8. The number of benzene rings is 2. The fourth-order valence-electron chi connectivity index (χ4n) is 3.08. The molecule has 1 saturated heterocycles. The highest BCUT2D eigenvalue weighted by Gasteiger charge is 2.12. The number of nitrogens with one attached hydrogen (secondary N) is 1. The van der Waals surface area contributed by atoms with E-state index >= 15 is 0 Å². The molecule has 0 unspecified atom stereocenters. The third-order valence-electron chi connectivity index (χ3n) is 4.19. The highest BCUT2D eigenvalue weighted by Crippen LogP contribution is 2.24. The van der Waals surface area contributed by atoms with Crippen LogP contribution in [0, 0.1) is 5.82 Å². The summed E-state index contributed by atoms with van der Waals surface area (Å²) in [6, 6.07) is 15.7. The Morgan fingerprint density at radius 2 is 1.82 bits per heavy atom. The van der Waals surface area contributed by atoms with Gasteiger partial charge in [0.1, 0.15) is 5.82 Å². The molecule has 0 aliphatic carbocycles. The molecule has 0 spiro atoms. The molecule has 1 fully saturated rings. The maximum atomic E-state index is 12.9. The third-order valence-corrected chi connectivity index (χ3v) is 4.19. The van der Waals surface area contributed by atoms with Crippen molar-refractivity contribution < 1.29 is 4.39 Å². The maximum absolute atomic E-state index is 12.9. The first-order valence-electron chi connectivity index (χ1n) is 8.07. The fraction of sp³-hybridized carbons (Fsp3) is 0.368. The van der Waals surface area contributed by atoms with Crippen LogP contribution in [0.5, 0.6) is 0 Å². The molecule has 0 aromatic heterocycles. The second-order valence-electron chi connectivity index (χ2n) is 6.12. The lowest BCUT2D eigenvalue weighted by atomic mass is 10.1. The molecule has 1 N–H and O–H groups in total. The van der Waals surface area contributed by atoms with Gasteiger partial charge in [0.25, 0.3) is 0 Å². The summed E-state index contributed by atoms with van der Waals surface area (Å²) in [6.45, 7) is 4.48. The Balaban J connectivity index is 1.62. The average molecular weight is 298 g/mol. The Bertz CT molecular complexity index is 603. The first-order valence-corrected chi connectivity index (χ1v) is 8.07. The highest BCUT2D eigenvalue weighted by atomic mass is 19.1. The third kappa shape index (κ3) is 3.79. The predicted molar refractivity (Wildman–Crippen MR) is 91.1 cm³/mol. The Morgan fingerprint density at radius 3 is 2.55 bits per heavy atom. The van der Waals surface area contributed by atoms with Gasteiger partial charge in [-0.2, -0.15) is 0 Å². The second kappa shape index (κ2) is 6.82. The summed E-state index contributed by atoms with van der Waals surface area (Å²) in [4.78, 5) is 2.44. The van der Waals surface area contributed by atoms with Gasteiger partial charge in [-0.25, -0.2) is 4.39 Å². The van der Waals surface area contributed by atoms with Gasteiger partial charge in [-0.15, -0.1) is 0 Å². The lowest BCUT2D eigenvalue weighted by Crippen LogP contribution is -2.20. The van der Waals surface area contributed by atoms with Gasteiger partial charge < -0.3 is 10.2 Å². The van der Waals surface area contributed by atoms with Crippen LogP contribution < -0.4 is 10.2 Å². The minimum absolute atomic E-state index is 0.178. The molecule has 1 heterocycles. The minimum atomic E-state index is -0.178. The monoisotopic (exact) mass is 298 g/mol. The van der Waals surface area contributed by atoms with Gasteiger partial charge in [-0.1, -0.05) is 18.2 Å². The molecule has 3 heteroatoms. The molecule has 2 nitrogen and oxygen atoms in total. The summed E-state index contributed by atoms with van der Waals surface area (Å²) >= 11 is 0. The summed E-state index contributed by atoms with van der Waals surface area (Å²) < 4.78 is 12.9. The number of nitrogens with zero attached hydrogens (tertiary/aromatic N) is 1. The van der Waals surface area contributed by atoms with Crippen LogP contribution in [0.2, 0.25) is 0 Å². The summed E-state index contributed by atoms with van der Waals surface area (Å²) in [5.41, 5.74) is 3.60. The van der Waals surface area contributed by atoms with E-state index in [9.17, 15) is 4.39 Å². The smallest absolute Gasteiger partial charge is 0.123 e. The maximum Gasteiger partial charge on any atom is 0.123 e. The van der Waals surface area contributed by atoms with Gasteiger partial charge >= 0.3 is 0 Å². The molecule has 3 rings (SSSR count). The molecule has 0 radical (unpaired) electrons. The van der Waals surface area contributed by atoms with Crippen molar-refractivity contribution in [1.82, 2.24) is 0 Å². The molecule has 1 aliphatic rings. The highest BCUT2D eigenvalue weighted by molar-refractivity contribution is 5.58. The first-order chi connectivity index (χ1) is 10.7. The van der Waals surface area contributed by atoms with Gasteiger partial charge in [0, 0.05) is 30.5 Å². The van der Waals surface area contributed by atoms with E-state index in [-0.39, 0.29) is 5.82 Å². The Morgan fingerprint density at radius 1 is 1.09 bits per heavy atom. The lowest BCUT2D eigenvalue weighted by Gasteiger charge is -2.20. The fourth-order valence-corrected chi connectivity index (χ4v) is 3.08. The van der Waals surface area contributed by atoms with Gasteiger partial charge in [-0.05, 0) is 62.1 Å². The summed E-state index contributed by atoms with van der Waals surface area (Å²) in [5.74, 6) is -0.178.